The van der Waals surface area contributed by atoms with E-state index in [1.165, 1.54) is 0 Å². The number of carbonyl (C=O) groups excluding carboxylic acids is 1. The molecule has 0 N–H and O–H groups in total. The van der Waals surface area contributed by atoms with Crippen LogP contribution in [-0.4, -0.2) is 43.6 Å². The lowest BCUT2D eigenvalue weighted by Gasteiger charge is -2.35. The van der Waals surface area contributed by atoms with Gasteiger partial charge in [0.2, 0.25) is 5.91 Å². The summed E-state index contributed by atoms with van der Waals surface area (Å²) in [6.07, 6.45) is 9.52. The predicted octanol–water partition coefficient (Wildman–Crippen LogP) is 3.58. The van der Waals surface area contributed by atoms with Gasteiger partial charge in [0.05, 0.1) is 17.6 Å². The second kappa shape index (κ2) is 8.19. The number of hydrogen-bond acceptors (Lipinski definition) is 4. The first-order valence-electron chi connectivity index (χ1n) is 10.0. The normalized spacial score (nSPS) is 15.9. The van der Waals surface area contributed by atoms with Gasteiger partial charge in [0.25, 0.3) is 0 Å². The molecule has 0 spiro atoms. The Morgan fingerprint density at radius 3 is 2.63 bits per heavy atom. The third-order valence-electron chi connectivity index (χ3n) is 5.14. The molecule has 0 bridgehead atoms. The van der Waals surface area contributed by atoms with Gasteiger partial charge in [-0.25, -0.2) is 4.98 Å². The van der Waals surface area contributed by atoms with Crippen molar-refractivity contribution in [2.45, 2.75) is 59.9 Å². The van der Waals surface area contributed by atoms with Crippen LogP contribution < -0.4 is 0 Å². The van der Waals surface area contributed by atoms with Crippen LogP contribution in [0, 0.1) is 11.3 Å². The number of nitrogens with zero attached hydrogens (tertiary/aromatic N) is 5. The van der Waals surface area contributed by atoms with Crippen LogP contribution in [0.25, 0.3) is 11.4 Å². The van der Waals surface area contributed by atoms with Gasteiger partial charge >= 0.3 is 0 Å². The monoisotopic (exact) mass is 369 g/mol. The van der Waals surface area contributed by atoms with Crippen LogP contribution in [0.1, 0.15) is 52.7 Å². The lowest BCUT2D eigenvalue weighted by atomic mass is 9.89. The number of piperidine rings is 1. The number of rotatable bonds is 5. The Bertz CT molecular complexity index is 769. The fourth-order valence-electron chi connectivity index (χ4n) is 3.68. The number of aryl methyl sites for hydroxylation is 1. The molecule has 2 aromatic heterocycles. The summed E-state index contributed by atoms with van der Waals surface area (Å²) < 4.78 is 1.99. The third kappa shape index (κ3) is 4.73. The van der Waals surface area contributed by atoms with Crippen LogP contribution in [0.2, 0.25) is 0 Å². The molecule has 0 radical (unpaired) electrons. The Morgan fingerprint density at radius 2 is 1.96 bits per heavy atom. The van der Waals surface area contributed by atoms with Gasteiger partial charge in [0.15, 0.2) is 0 Å². The smallest absolute Gasteiger partial charge is 0.227 e. The van der Waals surface area contributed by atoms with Crippen molar-refractivity contribution in [3.8, 4) is 11.4 Å². The number of amides is 1. The molecule has 1 fully saturated rings. The highest BCUT2D eigenvalue weighted by molar-refractivity contribution is 5.81. The Morgan fingerprint density at radius 1 is 1.22 bits per heavy atom. The van der Waals surface area contributed by atoms with Crippen molar-refractivity contribution >= 4 is 5.91 Å². The van der Waals surface area contributed by atoms with E-state index >= 15 is 0 Å². The van der Waals surface area contributed by atoms with Crippen LogP contribution in [0.5, 0.6) is 0 Å². The van der Waals surface area contributed by atoms with E-state index in [2.05, 4.69) is 17.0 Å². The summed E-state index contributed by atoms with van der Waals surface area (Å²) >= 11 is 0. The Balaban J connectivity index is 1.63. The molecule has 0 saturated carbocycles. The fraction of sp³-hybridized carbons (Fsp3) is 0.619. The second-order valence-corrected chi connectivity index (χ2v) is 8.52. The van der Waals surface area contributed by atoms with Crippen molar-refractivity contribution < 1.29 is 4.79 Å². The highest BCUT2D eigenvalue weighted by Crippen LogP contribution is 2.26. The van der Waals surface area contributed by atoms with E-state index < -0.39 is 0 Å². The molecule has 3 rings (SSSR count). The van der Waals surface area contributed by atoms with Crippen molar-refractivity contribution in [1.82, 2.24) is 24.6 Å². The van der Waals surface area contributed by atoms with E-state index in [0.29, 0.717) is 5.92 Å². The first-order valence-corrected chi connectivity index (χ1v) is 10.0. The van der Waals surface area contributed by atoms with Gasteiger partial charge in [0, 0.05) is 37.4 Å². The molecule has 1 amide bonds. The summed E-state index contributed by atoms with van der Waals surface area (Å²) in [4.78, 5) is 23.7. The van der Waals surface area contributed by atoms with E-state index in [4.69, 9.17) is 4.98 Å². The largest absolute Gasteiger partial charge is 0.342 e. The first-order chi connectivity index (χ1) is 12.9. The highest BCUT2D eigenvalue weighted by atomic mass is 16.2. The van der Waals surface area contributed by atoms with Crippen molar-refractivity contribution in [3.63, 3.8) is 0 Å². The lowest BCUT2D eigenvalue weighted by molar-refractivity contribution is -0.140. The average Bonchev–Trinajstić information content (AvgIpc) is 3.10. The van der Waals surface area contributed by atoms with Crippen LogP contribution in [0.15, 0.2) is 24.7 Å². The zero-order valence-electron chi connectivity index (χ0n) is 17.0. The van der Waals surface area contributed by atoms with Crippen molar-refractivity contribution in [3.05, 3.63) is 30.4 Å². The van der Waals surface area contributed by atoms with Gasteiger partial charge in [-0.05, 0) is 37.7 Å². The van der Waals surface area contributed by atoms with Crippen LogP contribution in [0.3, 0.4) is 0 Å². The molecule has 146 valence electrons. The third-order valence-corrected chi connectivity index (χ3v) is 5.14. The number of likely N-dealkylation sites (tertiary alicyclic amines) is 1. The van der Waals surface area contributed by atoms with Gasteiger partial charge in [-0.15, -0.1) is 0 Å². The Kier molecular flexibility index (Phi) is 5.92. The first kappa shape index (κ1) is 19.5. The molecule has 27 heavy (non-hydrogen) atoms. The van der Waals surface area contributed by atoms with Gasteiger partial charge in [-0.3, -0.25) is 14.5 Å². The van der Waals surface area contributed by atoms with Crippen LogP contribution in [-0.2, 0) is 17.8 Å². The fourth-order valence-corrected chi connectivity index (χ4v) is 3.68. The van der Waals surface area contributed by atoms with Gasteiger partial charge < -0.3 is 4.90 Å². The van der Waals surface area contributed by atoms with E-state index in [9.17, 15) is 4.79 Å². The molecule has 2 aromatic rings. The molecular weight excluding hydrogens is 338 g/mol. The standard InChI is InChI=1S/C21H31N5O/c1-5-10-26-19(6-9-23-26)18-15-22-14-17(24-18)13-16-7-11-25(12-8-16)20(27)21(2,3)4/h6,9,14-16H,5,7-8,10-13H2,1-4H3. The van der Waals surface area contributed by atoms with Gasteiger partial charge in [-0.2, -0.15) is 5.10 Å². The summed E-state index contributed by atoms with van der Waals surface area (Å²) in [6, 6.07) is 2.00. The highest BCUT2D eigenvalue weighted by Gasteiger charge is 2.30. The maximum atomic E-state index is 12.4. The van der Waals surface area contributed by atoms with Gasteiger partial charge in [-0.1, -0.05) is 27.7 Å². The number of aromatic nitrogens is 4. The molecular formula is C21H31N5O. The minimum absolute atomic E-state index is 0.256. The molecule has 0 unspecified atom stereocenters. The average molecular weight is 370 g/mol. The van der Waals surface area contributed by atoms with E-state index in [1.807, 2.05) is 55.0 Å². The minimum atomic E-state index is -0.298. The van der Waals surface area contributed by atoms with E-state index in [0.717, 1.165) is 62.4 Å². The maximum Gasteiger partial charge on any atom is 0.227 e. The van der Waals surface area contributed by atoms with E-state index in [1.54, 1.807) is 0 Å². The molecule has 1 saturated heterocycles. The van der Waals surface area contributed by atoms with Crippen molar-refractivity contribution in [1.29, 1.82) is 0 Å². The number of hydrogen-bond donors (Lipinski definition) is 0. The van der Waals surface area contributed by atoms with Crippen molar-refractivity contribution in [2.75, 3.05) is 13.1 Å². The summed E-state index contributed by atoms with van der Waals surface area (Å²) in [5, 5.41) is 4.38. The second-order valence-electron chi connectivity index (χ2n) is 8.52. The quantitative estimate of drug-likeness (QED) is 0.808. The lowest BCUT2D eigenvalue weighted by Crippen LogP contribution is -2.44. The molecule has 1 aliphatic rings. The van der Waals surface area contributed by atoms with Crippen molar-refractivity contribution in [2.24, 2.45) is 11.3 Å². The SMILES string of the molecule is CCCn1nccc1-c1cncc(CC2CCN(C(=O)C(C)(C)C)CC2)n1. The maximum absolute atomic E-state index is 12.4. The summed E-state index contributed by atoms with van der Waals surface area (Å²) in [5.74, 6) is 0.811. The van der Waals surface area contributed by atoms with Gasteiger partial charge in [0.1, 0.15) is 5.69 Å². The zero-order valence-corrected chi connectivity index (χ0v) is 17.0. The molecule has 3 heterocycles. The summed E-state index contributed by atoms with van der Waals surface area (Å²) in [5.41, 5.74) is 2.64. The minimum Gasteiger partial charge on any atom is -0.342 e. The molecule has 6 heteroatoms. The van der Waals surface area contributed by atoms with Crippen LogP contribution in [0.4, 0.5) is 0 Å². The molecule has 0 aliphatic carbocycles. The predicted molar refractivity (Wildman–Crippen MR) is 106 cm³/mol. The molecule has 0 atom stereocenters. The topological polar surface area (TPSA) is 63.9 Å². The number of carbonyl (C=O) groups is 1. The molecule has 6 nitrogen and oxygen atoms in total. The zero-order chi connectivity index (χ0) is 19.4. The summed E-state index contributed by atoms with van der Waals surface area (Å²) in [7, 11) is 0. The Hall–Kier alpha value is -2.24. The molecule has 1 aliphatic heterocycles. The van der Waals surface area contributed by atoms with Crippen LogP contribution >= 0.6 is 0 Å². The summed E-state index contributed by atoms with van der Waals surface area (Å²) in [6.45, 7) is 10.7. The Labute approximate surface area is 162 Å². The molecule has 0 aromatic carbocycles. The van der Waals surface area contributed by atoms with E-state index in [-0.39, 0.29) is 11.3 Å².